The number of hydrogen-bond acceptors (Lipinski definition) is 5. The highest BCUT2D eigenvalue weighted by molar-refractivity contribution is 7.99. The Hall–Kier alpha value is -1.11. The Morgan fingerprint density at radius 2 is 2.11 bits per heavy atom. The Bertz CT molecular complexity index is 542. The summed E-state index contributed by atoms with van der Waals surface area (Å²) in [6.45, 7) is 0. The molecule has 1 aromatic heterocycles. The average molecular weight is 301 g/mol. The molecule has 0 saturated carbocycles. The van der Waals surface area contributed by atoms with Gasteiger partial charge in [0.15, 0.2) is 0 Å². The maximum Gasteiger partial charge on any atom is 0.304 e. The number of nitrogens with zero attached hydrogens (tertiary/aromatic N) is 2. The first kappa shape index (κ1) is 13.3. The predicted octanol–water partition coefficient (Wildman–Crippen LogP) is 3.43. The Morgan fingerprint density at radius 3 is 2.78 bits per heavy atom. The summed E-state index contributed by atoms with van der Waals surface area (Å²) in [6, 6.07) is 7.42. The van der Waals surface area contributed by atoms with E-state index in [0.717, 1.165) is 15.5 Å². The summed E-state index contributed by atoms with van der Waals surface area (Å²) in [6.07, 6.45) is 0.113. The zero-order chi connectivity index (χ0) is 13.0. The smallest absolute Gasteiger partial charge is 0.304 e. The summed E-state index contributed by atoms with van der Waals surface area (Å²) in [5.74, 6) is -0.319. The minimum absolute atomic E-state index is 0.113. The number of aliphatic carboxylic acids is 1. The fourth-order valence-corrected chi connectivity index (χ4v) is 3.14. The fraction of sp³-hybridized carbons (Fsp3) is 0.182. The highest BCUT2D eigenvalue weighted by Crippen LogP contribution is 2.33. The summed E-state index contributed by atoms with van der Waals surface area (Å²) in [5, 5.41) is 14.1. The molecule has 94 valence electrons. The van der Waals surface area contributed by atoms with Crippen LogP contribution in [-0.2, 0) is 4.79 Å². The lowest BCUT2D eigenvalue weighted by Crippen LogP contribution is -1.96. The molecular formula is C11H9ClN2O2S2. The number of thioether (sulfide) groups is 1. The summed E-state index contributed by atoms with van der Waals surface area (Å²) in [5.41, 5.74) is 0.993. The van der Waals surface area contributed by atoms with Gasteiger partial charge in [0, 0.05) is 10.8 Å². The second-order valence-corrected chi connectivity index (χ2v) is 5.68. The summed E-state index contributed by atoms with van der Waals surface area (Å²) < 4.78 is 3.91. The average Bonchev–Trinajstić information content (AvgIpc) is 2.78. The molecule has 0 unspecified atom stereocenters. The first-order chi connectivity index (χ1) is 8.66. The van der Waals surface area contributed by atoms with E-state index in [-0.39, 0.29) is 6.42 Å². The van der Waals surface area contributed by atoms with Gasteiger partial charge in [0.2, 0.25) is 0 Å². The number of carbonyl (C=O) groups is 1. The second kappa shape index (κ2) is 6.17. The zero-order valence-electron chi connectivity index (χ0n) is 9.17. The SMILES string of the molecule is O=C(O)CCSc1nnsc1-c1ccc(Cl)cc1. The van der Waals surface area contributed by atoms with Crippen molar-refractivity contribution in [2.45, 2.75) is 11.4 Å². The van der Waals surface area contributed by atoms with Crippen LogP contribution in [0.25, 0.3) is 10.4 Å². The lowest BCUT2D eigenvalue weighted by atomic mass is 10.2. The summed E-state index contributed by atoms with van der Waals surface area (Å²) >= 11 is 8.53. The first-order valence-corrected chi connectivity index (χ1v) is 7.23. The Labute approximate surface area is 117 Å². The van der Waals surface area contributed by atoms with E-state index in [1.807, 2.05) is 24.3 Å². The van der Waals surface area contributed by atoms with Crippen LogP contribution in [0.15, 0.2) is 29.3 Å². The monoisotopic (exact) mass is 300 g/mol. The third kappa shape index (κ3) is 3.44. The molecule has 0 aliphatic rings. The van der Waals surface area contributed by atoms with Crippen LogP contribution in [-0.4, -0.2) is 26.4 Å². The van der Waals surface area contributed by atoms with Crippen LogP contribution in [0.3, 0.4) is 0 Å². The molecule has 18 heavy (non-hydrogen) atoms. The second-order valence-electron chi connectivity index (χ2n) is 3.41. The van der Waals surface area contributed by atoms with Crippen molar-refractivity contribution in [2.75, 3.05) is 5.75 Å². The number of halogens is 1. The number of rotatable bonds is 5. The quantitative estimate of drug-likeness (QED) is 0.857. The van der Waals surface area contributed by atoms with E-state index in [9.17, 15) is 4.79 Å². The molecule has 0 radical (unpaired) electrons. The molecule has 0 aliphatic heterocycles. The third-order valence-corrected chi connectivity index (χ3v) is 4.24. The van der Waals surface area contributed by atoms with Crippen LogP contribution in [0.1, 0.15) is 6.42 Å². The van der Waals surface area contributed by atoms with Crippen molar-refractivity contribution in [1.82, 2.24) is 9.59 Å². The van der Waals surface area contributed by atoms with Crippen LogP contribution in [0.4, 0.5) is 0 Å². The molecule has 0 atom stereocenters. The van der Waals surface area contributed by atoms with Crippen molar-refractivity contribution in [3.05, 3.63) is 29.3 Å². The van der Waals surface area contributed by atoms with Crippen LogP contribution >= 0.6 is 34.9 Å². The molecule has 7 heteroatoms. The zero-order valence-corrected chi connectivity index (χ0v) is 11.6. The molecule has 1 aromatic carbocycles. The number of aromatic nitrogens is 2. The van der Waals surface area contributed by atoms with Gasteiger partial charge in [0.05, 0.1) is 11.3 Å². The molecule has 0 saturated heterocycles. The van der Waals surface area contributed by atoms with Gasteiger partial charge in [0.25, 0.3) is 0 Å². The van der Waals surface area contributed by atoms with Gasteiger partial charge < -0.3 is 5.11 Å². The fourth-order valence-electron chi connectivity index (χ4n) is 1.29. The van der Waals surface area contributed by atoms with E-state index in [4.69, 9.17) is 16.7 Å². The van der Waals surface area contributed by atoms with Crippen molar-refractivity contribution in [2.24, 2.45) is 0 Å². The molecule has 2 aromatic rings. The van der Waals surface area contributed by atoms with Crippen molar-refractivity contribution >= 4 is 40.9 Å². The first-order valence-electron chi connectivity index (χ1n) is 5.09. The number of hydrogen-bond donors (Lipinski definition) is 1. The number of carboxylic acids is 1. The normalized spacial score (nSPS) is 10.5. The van der Waals surface area contributed by atoms with E-state index in [1.165, 1.54) is 23.3 Å². The van der Waals surface area contributed by atoms with E-state index >= 15 is 0 Å². The lowest BCUT2D eigenvalue weighted by molar-refractivity contribution is -0.136. The van der Waals surface area contributed by atoms with Crippen molar-refractivity contribution < 1.29 is 9.90 Å². The van der Waals surface area contributed by atoms with E-state index < -0.39 is 5.97 Å². The molecule has 0 fully saturated rings. The van der Waals surface area contributed by atoms with Gasteiger partial charge in [-0.05, 0) is 29.2 Å². The van der Waals surface area contributed by atoms with Crippen molar-refractivity contribution in [1.29, 1.82) is 0 Å². The van der Waals surface area contributed by atoms with Gasteiger partial charge >= 0.3 is 5.97 Å². The molecule has 1 N–H and O–H groups in total. The summed E-state index contributed by atoms with van der Waals surface area (Å²) in [7, 11) is 0. The van der Waals surface area contributed by atoms with E-state index in [1.54, 1.807) is 0 Å². The van der Waals surface area contributed by atoms with Gasteiger partial charge in [-0.1, -0.05) is 28.2 Å². The summed E-state index contributed by atoms with van der Waals surface area (Å²) in [4.78, 5) is 11.4. The standard InChI is InChI=1S/C11H9ClN2O2S2/c12-8-3-1-7(2-4-8)10-11(13-14-18-10)17-6-5-9(15)16/h1-4H,5-6H2,(H,15,16). The van der Waals surface area contributed by atoms with Crippen LogP contribution in [0.2, 0.25) is 5.02 Å². The Morgan fingerprint density at radius 1 is 1.39 bits per heavy atom. The highest BCUT2D eigenvalue weighted by atomic mass is 35.5. The minimum Gasteiger partial charge on any atom is -0.481 e. The third-order valence-electron chi connectivity index (χ3n) is 2.12. The Kier molecular flexibility index (Phi) is 4.57. The van der Waals surface area contributed by atoms with Gasteiger partial charge in [-0.3, -0.25) is 4.79 Å². The van der Waals surface area contributed by atoms with Crippen LogP contribution in [0.5, 0.6) is 0 Å². The van der Waals surface area contributed by atoms with Gasteiger partial charge in [-0.25, -0.2) is 0 Å². The Balaban J connectivity index is 2.12. The van der Waals surface area contributed by atoms with Crippen LogP contribution in [0, 0.1) is 0 Å². The molecule has 0 spiro atoms. The molecule has 4 nitrogen and oxygen atoms in total. The molecular weight excluding hydrogens is 292 g/mol. The van der Waals surface area contributed by atoms with Gasteiger partial charge in [-0.2, -0.15) is 0 Å². The van der Waals surface area contributed by atoms with Gasteiger partial charge in [-0.15, -0.1) is 16.9 Å². The lowest BCUT2D eigenvalue weighted by Gasteiger charge is -2.00. The minimum atomic E-state index is -0.807. The van der Waals surface area contributed by atoms with Crippen molar-refractivity contribution in [3.8, 4) is 10.4 Å². The molecule has 0 bridgehead atoms. The number of carboxylic acid groups (broad SMARTS) is 1. The topological polar surface area (TPSA) is 63.1 Å². The van der Waals surface area contributed by atoms with Gasteiger partial charge in [0.1, 0.15) is 5.03 Å². The number of benzene rings is 1. The molecule has 0 aliphatic carbocycles. The van der Waals surface area contributed by atoms with E-state index in [2.05, 4.69) is 9.59 Å². The largest absolute Gasteiger partial charge is 0.481 e. The van der Waals surface area contributed by atoms with Crippen LogP contribution < -0.4 is 0 Å². The highest BCUT2D eigenvalue weighted by Gasteiger charge is 2.11. The van der Waals surface area contributed by atoms with E-state index in [0.29, 0.717) is 10.8 Å². The predicted molar refractivity (Wildman–Crippen MR) is 73.3 cm³/mol. The molecule has 2 rings (SSSR count). The molecule has 0 amide bonds. The maximum atomic E-state index is 10.5. The molecule has 1 heterocycles. The van der Waals surface area contributed by atoms with Crippen molar-refractivity contribution in [3.63, 3.8) is 0 Å². The maximum absolute atomic E-state index is 10.5.